The molecule has 19 heavy (non-hydrogen) atoms. The third kappa shape index (κ3) is 3.34. The standard InChI is InChI=1S/C12H8Br2FNO2S/c1-18-9-3-2-6(4-8(9)15)16-12(17)10-5-7(13)11(14)19-10/h2-5H,1H3,(H,16,17). The van der Waals surface area contributed by atoms with E-state index in [0.29, 0.717) is 10.6 Å². The quantitative estimate of drug-likeness (QED) is 0.801. The number of nitrogens with one attached hydrogen (secondary N) is 1. The third-order valence-corrected chi connectivity index (χ3v) is 5.53. The lowest BCUT2D eigenvalue weighted by atomic mass is 10.3. The van der Waals surface area contributed by atoms with Crippen molar-refractivity contribution in [3.05, 3.63) is 43.2 Å². The van der Waals surface area contributed by atoms with Crippen LogP contribution in [0.25, 0.3) is 0 Å². The first-order valence-electron chi connectivity index (χ1n) is 5.11. The number of rotatable bonds is 3. The molecule has 0 radical (unpaired) electrons. The van der Waals surface area contributed by atoms with Crippen molar-refractivity contribution in [2.45, 2.75) is 0 Å². The summed E-state index contributed by atoms with van der Waals surface area (Å²) >= 11 is 7.92. The van der Waals surface area contributed by atoms with E-state index in [0.717, 1.165) is 8.26 Å². The number of carbonyl (C=O) groups is 1. The van der Waals surface area contributed by atoms with Crippen LogP contribution in [0.5, 0.6) is 5.75 Å². The molecule has 1 aromatic carbocycles. The Morgan fingerprint density at radius 3 is 2.63 bits per heavy atom. The largest absolute Gasteiger partial charge is 0.494 e. The number of anilines is 1. The highest BCUT2D eigenvalue weighted by molar-refractivity contribution is 9.13. The molecule has 0 spiro atoms. The molecule has 1 heterocycles. The number of methoxy groups -OCH3 is 1. The van der Waals surface area contributed by atoms with Crippen LogP contribution in [0.15, 0.2) is 32.5 Å². The molecule has 0 unspecified atom stereocenters. The van der Waals surface area contributed by atoms with E-state index < -0.39 is 5.82 Å². The van der Waals surface area contributed by atoms with Gasteiger partial charge < -0.3 is 10.1 Å². The number of halogens is 3. The van der Waals surface area contributed by atoms with Crippen molar-refractivity contribution in [1.29, 1.82) is 0 Å². The average Bonchev–Trinajstić information content (AvgIpc) is 2.70. The number of hydrogen-bond donors (Lipinski definition) is 1. The monoisotopic (exact) mass is 407 g/mol. The molecule has 0 aliphatic rings. The van der Waals surface area contributed by atoms with E-state index in [4.69, 9.17) is 4.74 Å². The summed E-state index contributed by atoms with van der Waals surface area (Å²) in [5.74, 6) is -0.672. The molecule has 1 aromatic heterocycles. The zero-order chi connectivity index (χ0) is 14.0. The first kappa shape index (κ1) is 14.5. The van der Waals surface area contributed by atoms with Crippen LogP contribution in [0.2, 0.25) is 0 Å². The Hall–Kier alpha value is -0.920. The third-order valence-electron chi connectivity index (χ3n) is 2.28. The Morgan fingerprint density at radius 2 is 2.11 bits per heavy atom. The summed E-state index contributed by atoms with van der Waals surface area (Å²) in [5, 5.41) is 2.63. The molecule has 2 rings (SSSR count). The van der Waals surface area contributed by atoms with Crippen molar-refractivity contribution in [3.63, 3.8) is 0 Å². The average molecular weight is 409 g/mol. The smallest absolute Gasteiger partial charge is 0.265 e. The van der Waals surface area contributed by atoms with Crippen molar-refractivity contribution in [2.75, 3.05) is 12.4 Å². The molecule has 1 amide bonds. The SMILES string of the molecule is COc1ccc(NC(=O)c2cc(Br)c(Br)s2)cc1F. The van der Waals surface area contributed by atoms with Crippen LogP contribution >= 0.6 is 43.2 Å². The predicted octanol–water partition coefficient (Wildman–Crippen LogP) is 4.67. The number of ether oxygens (including phenoxy) is 1. The molecule has 0 fully saturated rings. The van der Waals surface area contributed by atoms with E-state index in [-0.39, 0.29) is 11.7 Å². The molecular weight excluding hydrogens is 401 g/mol. The van der Waals surface area contributed by atoms with Gasteiger partial charge in [-0.1, -0.05) is 0 Å². The van der Waals surface area contributed by atoms with Gasteiger partial charge in [0, 0.05) is 16.2 Å². The molecule has 0 atom stereocenters. The Bertz CT molecular complexity index is 611. The van der Waals surface area contributed by atoms with Crippen molar-refractivity contribution in [2.24, 2.45) is 0 Å². The molecule has 0 bridgehead atoms. The number of amides is 1. The highest BCUT2D eigenvalue weighted by Gasteiger charge is 2.13. The van der Waals surface area contributed by atoms with Gasteiger partial charge in [-0.15, -0.1) is 11.3 Å². The summed E-state index contributed by atoms with van der Waals surface area (Å²) in [6.45, 7) is 0. The van der Waals surface area contributed by atoms with Gasteiger partial charge in [0.15, 0.2) is 11.6 Å². The van der Waals surface area contributed by atoms with Gasteiger partial charge in [0.25, 0.3) is 5.91 Å². The van der Waals surface area contributed by atoms with Crippen molar-refractivity contribution < 1.29 is 13.9 Å². The van der Waals surface area contributed by atoms with Crippen LogP contribution in [0, 0.1) is 5.82 Å². The van der Waals surface area contributed by atoms with E-state index >= 15 is 0 Å². The number of thiophene rings is 1. The maximum absolute atomic E-state index is 13.5. The Balaban J connectivity index is 2.17. The fourth-order valence-corrected chi connectivity index (χ4v) is 3.33. The summed E-state index contributed by atoms with van der Waals surface area (Å²) < 4.78 is 19.9. The summed E-state index contributed by atoms with van der Waals surface area (Å²) in [5.41, 5.74) is 0.379. The highest BCUT2D eigenvalue weighted by atomic mass is 79.9. The molecule has 1 N–H and O–H groups in total. The molecule has 2 aromatic rings. The lowest BCUT2D eigenvalue weighted by molar-refractivity contribution is 0.103. The van der Waals surface area contributed by atoms with Gasteiger partial charge in [0.05, 0.1) is 15.8 Å². The van der Waals surface area contributed by atoms with Gasteiger partial charge in [-0.3, -0.25) is 4.79 Å². The minimum absolute atomic E-state index is 0.139. The van der Waals surface area contributed by atoms with E-state index in [1.54, 1.807) is 12.1 Å². The van der Waals surface area contributed by atoms with Crippen LogP contribution < -0.4 is 10.1 Å². The molecular formula is C12H8Br2FNO2S. The molecule has 100 valence electrons. The van der Waals surface area contributed by atoms with E-state index in [1.165, 1.54) is 30.6 Å². The second-order valence-corrected chi connectivity index (χ2v) is 6.76. The van der Waals surface area contributed by atoms with Crippen LogP contribution in [-0.2, 0) is 0 Å². The van der Waals surface area contributed by atoms with Crippen LogP contribution in [-0.4, -0.2) is 13.0 Å². The van der Waals surface area contributed by atoms with Gasteiger partial charge in [-0.25, -0.2) is 4.39 Å². The van der Waals surface area contributed by atoms with Crippen molar-refractivity contribution in [3.8, 4) is 5.75 Å². The first-order chi connectivity index (χ1) is 9.01. The van der Waals surface area contributed by atoms with E-state index in [1.807, 2.05) is 0 Å². The fraction of sp³-hybridized carbons (Fsp3) is 0.0833. The maximum Gasteiger partial charge on any atom is 0.265 e. The molecule has 7 heteroatoms. The summed E-state index contributed by atoms with van der Waals surface area (Å²) in [4.78, 5) is 12.5. The normalized spacial score (nSPS) is 10.3. The molecule has 0 aliphatic carbocycles. The number of benzene rings is 1. The van der Waals surface area contributed by atoms with Gasteiger partial charge >= 0.3 is 0 Å². The Labute approximate surface area is 130 Å². The van der Waals surface area contributed by atoms with E-state index in [9.17, 15) is 9.18 Å². The Morgan fingerprint density at radius 1 is 1.37 bits per heavy atom. The minimum atomic E-state index is -0.520. The maximum atomic E-state index is 13.5. The molecule has 0 saturated carbocycles. The fourth-order valence-electron chi connectivity index (χ4n) is 1.40. The van der Waals surface area contributed by atoms with Crippen molar-refractivity contribution >= 4 is 54.8 Å². The molecule has 3 nitrogen and oxygen atoms in total. The highest BCUT2D eigenvalue weighted by Crippen LogP contribution is 2.32. The number of carbonyl (C=O) groups excluding carboxylic acids is 1. The lowest BCUT2D eigenvalue weighted by Crippen LogP contribution is -2.10. The van der Waals surface area contributed by atoms with E-state index in [2.05, 4.69) is 37.2 Å². The minimum Gasteiger partial charge on any atom is -0.494 e. The first-order valence-corrected chi connectivity index (χ1v) is 7.51. The number of hydrogen-bond acceptors (Lipinski definition) is 3. The Kier molecular flexibility index (Phi) is 4.59. The van der Waals surface area contributed by atoms with Gasteiger partial charge in [-0.2, -0.15) is 0 Å². The van der Waals surface area contributed by atoms with Gasteiger partial charge in [-0.05, 0) is 50.1 Å². The lowest BCUT2D eigenvalue weighted by Gasteiger charge is -2.06. The summed E-state index contributed by atoms with van der Waals surface area (Å²) in [6, 6.07) is 5.96. The second kappa shape index (κ2) is 6.02. The van der Waals surface area contributed by atoms with Gasteiger partial charge in [0.2, 0.25) is 0 Å². The zero-order valence-corrected chi connectivity index (χ0v) is 13.7. The van der Waals surface area contributed by atoms with Gasteiger partial charge in [0.1, 0.15) is 0 Å². The topological polar surface area (TPSA) is 38.3 Å². The van der Waals surface area contributed by atoms with Crippen LogP contribution in [0.3, 0.4) is 0 Å². The zero-order valence-electron chi connectivity index (χ0n) is 9.67. The molecule has 0 saturated heterocycles. The summed E-state index contributed by atoms with van der Waals surface area (Å²) in [6.07, 6.45) is 0. The van der Waals surface area contributed by atoms with Crippen molar-refractivity contribution in [1.82, 2.24) is 0 Å². The van der Waals surface area contributed by atoms with Crippen LogP contribution in [0.1, 0.15) is 9.67 Å². The molecule has 0 aliphatic heterocycles. The second-order valence-electron chi connectivity index (χ2n) is 3.54. The predicted molar refractivity (Wildman–Crippen MR) is 80.6 cm³/mol. The van der Waals surface area contributed by atoms with Crippen LogP contribution in [0.4, 0.5) is 10.1 Å². The summed E-state index contributed by atoms with van der Waals surface area (Å²) in [7, 11) is 1.39.